The molecule has 1 aliphatic rings. The van der Waals surface area contributed by atoms with Crippen LogP contribution in [0.2, 0.25) is 0 Å². The van der Waals surface area contributed by atoms with Gasteiger partial charge in [-0.3, -0.25) is 0 Å². The minimum atomic E-state index is 0.693. The first-order valence-corrected chi connectivity index (χ1v) is 23.2. The highest BCUT2D eigenvalue weighted by molar-refractivity contribution is 6.14. The second-order valence-electron chi connectivity index (χ2n) is 17.1. The third kappa shape index (κ3) is 7.17. The van der Waals surface area contributed by atoms with Gasteiger partial charge < -0.3 is 9.47 Å². The quantitative estimate of drug-likeness (QED) is 0.140. The Balaban J connectivity index is 1.20. The van der Waals surface area contributed by atoms with Crippen molar-refractivity contribution in [3.05, 3.63) is 278 Å². The van der Waals surface area contributed by atoms with Gasteiger partial charge in [0, 0.05) is 50.8 Å². The molecule has 0 atom stereocenters. The summed E-state index contributed by atoms with van der Waals surface area (Å²) in [5.41, 5.74) is 18.7. The van der Waals surface area contributed by atoms with Gasteiger partial charge in [0.1, 0.15) is 0 Å². The van der Waals surface area contributed by atoms with Gasteiger partial charge in [-0.1, -0.05) is 231 Å². The normalized spacial score (nSPS) is 12.5. The Hall–Kier alpha value is -8.72. The van der Waals surface area contributed by atoms with Crippen LogP contribution in [0, 0.1) is 0 Å². The van der Waals surface area contributed by atoms with Crippen LogP contribution in [0.5, 0.6) is 0 Å². The predicted octanol–water partition coefficient (Wildman–Crippen LogP) is 17.7. The monoisotopic (exact) mass is 854 g/mol. The molecule has 1 heterocycles. The molecule has 0 bridgehead atoms. The second kappa shape index (κ2) is 17.3. The number of hydrogen-bond donors (Lipinski definition) is 0. The number of aromatic nitrogens is 1. The molecule has 11 aromatic rings. The van der Waals surface area contributed by atoms with Crippen LogP contribution in [0.15, 0.2) is 273 Å². The molecule has 0 spiro atoms. The molecule has 0 unspecified atom stereocenters. The Morgan fingerprint density at radius 3 is 1.70 bits per heavy atom. The molecular weight excluding hydrogens is 809 g/mol. The number of hydrogen-bond acceptors (Lipinski definition) is 1. The van der Waals surface area contributed by atoms with Crippen molar-refractivity contribution in [2.75, 3.05) is 4.90 Å². The van der Waals surface area contributed by atoms with Gasteiger partial charge >= 0.3 is 0 Å². The Morgan fingerprint density at radius 2 is 0.940 bits per heavy atom. The molecule has 1 aliphatic carbocycles. The highest BCUT2D eigenvalue weighted by atomic mass is 15.2. The molecule has 0 N–H and O–H groups in total. The van der Waals surface area contributed by atoms with Crippen LogP contribution in [0.3, 0.4) is 0 Å². The van der Waals surface area contributed by atoms with Gasteiger partial charge in [0.15, 0.2) is 0 Å². The fraction of sp³-hybridized carbons (Fsp3) is 0.0154. The van der Waals surface area contributed by atoms with E-state index in [1.165, 1.54) is 77.2 Å². The summed E-state index contributed by atoms with van der Waals surface area (Å²) in [5.74, 6) is 0. The van der Waals surface area contributed by atoms with E-state index in [2.05, 4.69) is 276 Å². The third-order valence-corrected chi connectivity index (χ3v) is 13.3. The van der Waals surface area contributed by atoms with Crippen LogP contribution < -0.4 is 4.90 Å². The Labute approximate surface area is 392 Å². The first kappa shape index (κ1) is 39.8. The molecule has 0 saturated carbocycles. The van der Waals surface area contributed by atoms with Gasteiger partial charge in [-0.25, -0.2) is 0 Å². The lowest BCUT2D eigenvalue weighted by molar-refractivity contribution is 1.09. The lowest BCUT2D eigenvalue weighted by atomic mass is 9.89. The van der Waals surface area contributed by atoms with Crippen LogP contribution in [-0.2, 0) is 0 Å². The highest BCUT2D eigenvalue weighted by Gasteiger charge is 2.27. The summed E-state index contributed by atoms with van der Waals surface area (Å²) in [6, 6.07) is 88.5. The van der Waals surface area contributed by atoms with Crippen molar-refractivity contribution in [1.82, 2.24) is 4.57 Å². The molecule has 10 aromatic carbocycles. The largest absolute Gasteiger partial charge is 0.312 e. The Bertz CT molecular complexity index is 3680. The number of nitrogens with zero attached hydrogens (tertiary/aromatic N) is 2. The summed E-state index contributed by atoms with van der Waals surface area (Å²) < 4.78 is 2.46. The summed E-state index contributed by atoms with van der Waals surface area (Å²) in [4.78, 5) is 2.58. The first-order valence-electron chi connectivity index (χ1n) is 23.2. The van der Waals surface area contributed by atoms with Crippen molar-refractivity contribution in [1.29, 1.82) is 0 Å². The SMILES string of the molecule is C1=CCC(N(c2ccc(-c3ccccc3)cc2-c2ccccc2)c2ccccc2-c2cccc3cccc(-c4ccccc4)c23)=C(c2cccc3c4ccccc4n(-c4ccccc4)c23)C=C1. The van der Waals surface area contributed by atoms with Crippen LogP contribution in [-0.4, -0.2) is 4.57 Å². The lowest BCUT2D eigenvalue weighted by Crippen LogP contribution is -2.20. The number of fused-ring (bicyclic) bond motifs is 4. The number of para-hydroxylation sites is 4. The predicted molar refractivity (Wildman–Crippen MR) is 285 cm³/mol. The number of allylic oxidation sites excluding steroid dienone is 5. The number of rotatable bonds is 9. The summed E-state index contributed by atoms with van der Waals surface area (Å²) in [6.45, 7) is 0. The molecule has 0 amide bonds. The van der Waals surface area contributed by atoms with E-state index >= 15 is 0 Å². The van der Waals surface area contributed by atoms with Gasteiger partial charge in [0.25, 0.3) is 0 Å². The molecule has 12 rings (SSSR count). The molecule has 67 heavy (non-hydrogen) atoms. The lowest BCUT2D eigenvalue weighted by Gasteiger charge is -2.33. The van der Waals surface area contributed by atoms with Crippen molar-refractivity contribution < 1.29 is 0 Å². The molecule has 0 saturated heterocycles. The van der Waals surface area contributed by atoms with E-state index in [4.69, 9.17) is 0 Å². The molecule has 0 fully saturated rings. The molecule has 1 aromatic heterocycles. The topological polar surface area (TPSA) is 8.17 Å². The Kier molecular flexibility index (Phi) is 10.3. The zero-order valence-corrected chi connectivity index (χ0v) is 37.0. The smallest absolute Gasteiger partial charge is 0.0620 e. The average Bonchev–Trinajstić information content (AvgIpc) is 3.56. The maximum atomic E-state index is 2.58. The second-order valence-corrected chi connectivity index (χ2v) is 17.1. The van der Waals surface area contributed by atoms with Crippen molar-refractivity contribution in [3.63, 3.8) is 0 Å². The molecule has 0 aliphatic heterocycles. The summed E-state index contributed by atoms with van der Waals surface area (Å²) in [7, 11) is 0. The van der Waals surface area contributed by atoms with Crippen molar-refractivity contribution in [2.24, 2.45) is 0 Å². The Morgan fingerprint density at radius 1 is 0.373 bits per heavy atom. The van der Waals surface area contributed by atoms with Gasteiger partial charge in [-0.2, -0.15) is 0 Å². The fourth-order valence-corrected chi connectivity index (χ4v) is 10.3. The number of anilines is 2. The van der Waals surface area contributed by atoms with Crippen LogP contribution in [0.25, 0.3) is 88.3 Å². The zero-order valence-electron chi connectivity index (χ0n) is 37.0. The van der Waals surface area contributed by atoms with Crippen LogP contribution >= 0.6 is 0 Å². The fourth-order valence-electron chi connectivity index (χ4n) is 10.3. The summed E-state index contributed by atoms with van der Waals surface area (Å²) in [5, 5.41) is 4.90. The molecular formula is C65H46N2. The van der Waals surface area contributed by atoms with E-state index in [1.54, 1.807) is 0 Å². The summed E-state index contributed by atoms with van der Waals surface area (Å²) in [6.07, 6.45) is 9.76. The molecule has 0 radical (unpaired) electrons. The van der Waals surface area contributed by atoms with Gasteiger partial charge in [-0.15, -0.1) is 0 Å². The summed E-state index contributed by atoms with van der Waals surface area (Å²) >= 11 is 0. The van der Waals surface area contributed by atoms with Gasteiger partial charge in [0.2, 0.25) is 0 Å². The van der Waals surface area contributed by atoms with Crippen molar-refractivity contribution in [2.45, 2.75) is 6.42 Å². The van der Waals surface area contributed by atoms with Crippen LogP contribution in [0.1, 0.15) is 12.0 Å². The first-order chi connectivity index (χ1) is 33.3. The standard InChI is InChI=1S/C65H46N2/c1-6-23-46(24-7-1)50-43-44-63(59(45-50)48-27-10-3-11-28-48)67(61-42-19-16-34-53(61)56-37-21-30-49-29-20-36-52(64(49)56)47-25-8-2-9-26-47)62-40-15-5-14-33-55(62)58-39-22-38-57-54-35-17-18-41-60(54)66(65(57)58)51-31-12-4-13-32-51/h1-39,41-45H,40H2. The van der Waals surface area contributed by atoms with E-state index in [0.29, 0.717) is 6.42 Å². The van der Waals surface area contributed by atoms with E-state index < -0.39 is 0 Å². The average molecular weight is 855 g/mol. The third-order valence-electron chi connectivity index (χ3n) is 13.3. The number of benzene rings is 10. The maximum absolute atomic E-state index is 2.58. The highest BCUT2D eigenvalue weighted by Crippen LogP contribution is 2.49. The van der Waals surface area contributed by atoms with Crippen molar-refractivity contribution in [3.8, 4) is 50.2 Å². The minimum Gasteiger partial charge on any atom is -0.312 e. The minimum absolute atomic E-state index is 0.693. The van der Waals surface area contributed by atoms with E-state index in [9.17, 15) is 0 Å². The maximum Gasteiger partial charge on any atom is 0.0620 e. The van der Waals surface area contributed by atoms with Gasteiger partial charge in [-0.05, 0) is 80.6 Å². The molecule has 2 heteroatoms. The van der Waals surface area contributed by atoms with E-state index in [1.807, 2.05) is 0 Å². The molecule has 2 nitrogen and oxygen atoms in total. The van der Waals surface area contributed by atoms with Crippen molar-refractivity contribution >= 4 is 49.5 Å². The van der Waals surface area contributed by atoms with Gasteiger partial charge in [0.05, 0.1) is 22.4 Å². The van der Waals surface area contributed by atoms with E-state index in [0.717, 1.165) is 33.8 Å². The molecule has 316 valence electrons. The zero-order chi connectivity index (χ0) is 44.5. The van der Waals surface area contributed by atoms with E-state index in [-0.39, 0.29) is 0 Å². The van der Waals surface area contributed by atoms with Crippen LogP contribution in [0.4, 0.5) is 11.4 Å².